The molecular weight excluding hydrogens is 360 g/mol. The van der Waals surface area contributed by atoms with Crippen LogP contribution < -0.4 is 5.32 Å². The molecule has 3 aromatic rings. The van der Waals surface area contributed by atoms with Crippen LogP contribution in [0.25, 0.3) is 11.0 Å². The van der Waals surface area contributed by atoms with Crippen LogP contribution in [0.2, 0.25) is 5.02 Å². The lowest BCUT2D eigenvalue weighted by atomic mass is 10.1. The van der Waals surface area contributed by atoms with E-state index in [9.17, 15) is 4.79 Å². The predicted molar refractivity (Wildman–Crippen MR) is 111 cm³/mol. The van der Waals surface area contributed by atoms with Crippen LogP contribution in [-0.2, 0) is 13.6 Å². The van der Waals surface area contributed by atoms with Crippen molar-refractivity contribution < 1.29 is 4.79 Å². The third-order valence-corrected chi connectivity index (χ3v) is 5.04. The van der Waals surface area contributed by atoms with E-state index in [1.807, 2.05) is 48.0 Å². The number of aryl methyl sites for hydroxylation is 1. The van der Waals surface area contributed by atoms with Gasteiger partial charge in [-0.2, -0.15) is 0 Å². The molecule has 2 aromatic carbocycles. The summed E-state index contributed by atoms with van der Waals surface area (Å²) < 4.78 is 1.85. The molecule has 0 aliphatic rings. The molecule has 0 fully saturated rings. The number of benzene rings is 2. The highest BCUT2D eigenvalue weighted by molar-refractivity contribution is 6.31. The quantitative estimate of drug-likeness (QED) is 0.669. The molecule has 142 valence electrons. The van der Waals surface area contributed by atoms with Gasteiger partial charge in [0, 0.05) is 30.2 Å². The summed E-state index contributed by atoms with van der Waals surface area (Å²) in [6, 6.07) is 13.7. The molecule has 0 aliphatic carbocycles. The van der Waals surface area contributed by atoms with E-state index in [0.29, 0.717) is 22.6 Å². The first kappa shape index (κ1) is 19.4. The van der Waals surface area contributed by atoms with Gasteiger partial charge in [0.15, 0.2) is 0 Å². The molecule has 1 amide bonds. The molecule has 1 N–H and O–H groups in total. The Labute approximate surface area is 165 Å². The number of amides is 1. The van der Waals surface area contributed by atoms with Gasteiger partial charge in [-0.15, -0.1) is 0 Å². The monoisotopic (exact) mass is 384 g/mol. The number of fused-ring (bicyclic) bond motifs is 1. The summed E-state index contributed by atoms with van der Waals surface area (Å²) >= 11 is 6.02. The lowest BCUT2D eigenvalue weighted by Crippen LogP contribution is -2.29. The van der Waals surface area contributed by atoms with Gasteiger partial charge in [0.05, 0.1) is 11.0 Å². The van der Waals surface area contributed by atoms with Crippen LogP contribution in [0.3, 0.4) is 0 Å². The van der Waals surface area contributed by atoms with Crippen LogP contribution in [0.4, 0.5) is 5.95 Å². The van der Waals surface area contributed by atoms with Gasteiger partial charge in [-0.1, -0.05) is 30.7 Å². The van der Waals surface area contributed by atoms with E-state index in [2.05, 4.69) is 36.0 Å². The molecule has 1 aromatic heterocycles. The Bertz CT molecular complexity index is 947. The van der Waals surface area contributed by atoms with E-state index in [1.165, 1.54) is 5.56 Å². The highest BCUT2D eigenvalue weighted by Gasteiger charge is 2.13. The zero-order valence-electron chi connectivity index (χ0n) is 16.2. The van der Waals surface area contributed by atoms with Crippen molar-refractivity contribution in [1.82, 2.24) is 14.5 Å². The summed E-state index contributed by atoms with van der Waals surface area (Å²) in [6.07, 6.45) is 0. The van der Waals surface area contributed by atoms with Crippen molar-refractivity contribution in [3.8, 4) is 0 Å². The number of imidazole rings is 1. The number of carbonyl (C=O) groups is 1. The van der Waals surface area contributed by atoms with E-state index >= 15 is 0 Å². The highest BCUT2D eigenvalue weighted by atomic mass is 35.5. The maximum atomic E-state index is 12.6. The molecule has 27 heavy (non-hydrogen) atoms. The Morgan fingerprint density at radius 2 is 1.93 bits per heavy atom. The fraction of sp³-hybridized carbons (Fsp3) is 0.333. The van der Waals surface area contributed by atoms with Crippen LogP contribution >= 0.6 is 11.6 Å². The smallest absolute Gasteiger partial charge is 0.257 e. The van der Waals surface area contributed by atoms with Crippen molar-refractivity contribution in [1.29, 1.82) is 0 Å². The fourth-order valence-corrected chi connectivity index (χ4v) is 3.28. The SMILES string of the molecule is CCN(Cc1ccc(C(=O)Nc2nc3cc(Cl)ccc3n2C)cc1)C(C)C. The van der Waals surface area contributed by atoms with Gasteiger partial charge in [-0.05, 0) is 56.3 Å². The van der Waals surface area contributed by atoms with Gasteiger partial charge in [0.25, 0.3) is 5.91 Å². The van der Waals surface area contributed by atoms with Crippen LogP contribution in [0, 0.1) is 0 Å². The molecule has 6 heteroatoms. The van der Waals surface area contributed by atoms with E-state index in [0.717, 1.165) is 24.1 Å². The Morgan fingerprint density at radius 1 is 1.22 bits per heavy atom. The van der Waals surface area contributed by atoms with E-state index < -0.39 is 0 Å². The van der Waals surface area contributed by atoms with E-state index in [1.54, 1.807) is 6.07 Å². The fourth-order valence-electron chi connectivity index (χ4n) is 3.11. The lowest BCUT2D eigenvalue weighted by Gasteiger charge is -2.24. The zero-order chi connectivity index (χ0) is 19.6. The second-order valence-electron chi connectivity index (χ2n) is 6.94. The third-order valence-electron chi connectivity index (χ3n) is 4.81. The zero-order valence-corrected chi connectivity index (χ0v) is 16.9. The van der Waals surface area contributed by atoms with Gasteiger partial charge < -0.3 is 4.57 Å². The molecule has 0 saturated carbocycles. The number of nitrogens with zero attached hydrogens (tertiary/aromatic N) is 3. The maximum absolute atomic E-state index is 12.6. The summed E-state index contributed by atoms with van der Waals surface area (Å²) in [5.41, 5.74) is 3.47. The van der Waals surface area contributed by atoms with Crippen LogP contribution in [0.1, 0.15) is 36.7 Å². The van der Waals surface area contributed by atoms with Crippen molar-refractivity contribution in [2.24, 2.45) is 7.05 Å². The standard InChI is InChI=1S/C21H25ClN4O/c1-5-26(14(2)3)13-15-6-8-16(9-7-15)20(27)24-21-23-18-12-17(22)10-11-19(18)25(21)4/h6-12,14H,5,13H2,1-4H3,(H,23,24,27). The number of rotatable bonds is 6. The van der Waals surface area contributed by atoms with Crippen molar-refractivity contribution in [3.63, 3.8) is 0 Å². The second-order valence-corrected chi connectivity index (χ2v) is 7.37. The molecule has 1 heterocycles. The summed E-state index contributed by atoms with van der Waals surface area (Å²) in [5.74, 6) is 0.320. The Kier molecular flexibility index (Phi) is 5.82. The second kappa shape index (κ2) is 8.11. The molecule has 0 bridgehead atoms. The molecular formula is C21H25ClN4O. The Balaban J connectivity index is 1.74. The van der Waals surface area contributed by atoms with Crippen molar-refractivity contribution >= 4 is 34.5 Å². The first-order chi connectivity index (χ1) is 12.9. The Hall–Kier alpha value is -2.37. The first-order valence-corrected chi connectivity index (χ1v) is 9.53. The minimum Gasteiger partial charge on any atom is -0.313 e. The van der Waals surface area contributed by atoms with Gasteiger partial charge >= 0.3 is 0 Å². The molecule has 0 unspecified atom stereocenters. The average Bonchev–Trinajstić information content (AvgIpc) is 2.94. The number of hydrogen-bond acceptors (Lipinski definition) is 3. The topological polar surface area (TPSA) is 50.2 Å². The van der Waals surface area contributed by atoms with E-state index in [4.69, 9.17) is 11.6 Å². The van der Waals surface area contributed by atoms with Gasteiger partial charge in [0.1, 0.15) is 0 Å². The first-order valence-electron chi connectivity index (χ1n) is 9.15. The number of aromatic nitrogens is 2. The molecule has 0 aliphatic heterocycles. The summed E-state index contributed by atoms with van der Waals surface area (Å²) in [7, 11) is 1.87. The molecule has 5 nitrogen and oxygen atoms in total. The number of anilines is 1. The maximum Gasteiger partial charge on any atom is 0.257 e. The van der Waals surface area contributed by atoms with Gasteiger partial charge in [-0.25, -0.2) is 4.98 Å². The molecule has 0 atom stereocenters. The number of nitrogens with one attached hydrogen (secondary N) is 1. The van der Waals surface area contributed by atoms with Crippen molar-refractivity contribution in [3.05, 3.63) is 58.6 Å². The number of halogens is 1. The number of hydrogen-bond donors (Lipinski definition) is 1. The molecule has 0 saturated heterocycles. The van der Waals surface area contributed by atoms with E-state index in [-0.39, 0.29) is 5.91 Å². The summed E-state index contributed by atoms with van der Waals surface area (Å²) in [6.45, 7) is 8.41. The van der Waals surface area contributed by atoms with Crippen molar-refractivity contribution in [2.45, 2.75) is 33.4 Å². The highest BCUT2D eigenvalue weighted by Crippen LogP contribution is 2.22. The van der Waals surface area contributed by atoms with Crippen LogP contribution in [0.5, 0.6) is 0 Å². The third kappa shape index (κ3) is 4.31. The van der Waals surface area contributed by atoms with Crippen LogP contribution in [-0.4, -0.2) is 32.9 Å². The minimum absolute atomic E-state index is 0.178. The lowest BCUT2D eigenvalue weighted by molar-refractivity contribution is 0.102. The molecule has 0 radical (unpaired) electrons. The summed E-state index contributed by atoms with van der Waals surface area (Å²) in [5, 5.41) is 3.51. The largest absolute Gasteiger partial charge is 0.313 e. The normalized spacial score (nSPS) is 11.5. The van der Waals surface area contributed by atoms with Gasteiger partial charge in [0.2, 0.25) is 5.95 Å². The molecule has 3 rings (SSSR count). The van der Waals surface area contributed by atoms with Crippen molar-refractivity contribution in [2.75, 3.05) is 11.9 Å². The minimum atomic E-state index is -0.178. The Morgan fingerprint density at radius 3 is 2.56 bits per heavy atom. The predicted octanol–water partition coefficient (Wildman–Crippen LogP) is 4.71. The average molecular weight is 385 g/mol. The van der Waals surface area contributed by atoms with Crippen LogP contribution in [0.15, 0.2) is 42.5 Å². The number of carbonyl (C=O) groups excluding carboxylic acids is 1. The molecule has 0 spiro atoms. The van der Waals surface area contributed by atoms with Gasteiger partial charge in [-0.3, -0.25) is 15.0 Å². The summed E-state index contributed by atoms with van der Waals surface area (Å²) in [4.78, 5) is 19.4.